The molecule has 0 bridgehead atoms. The molecule has 2 heteroatoms. The van der Waals surface area contributed by atoms with E-state index < -0.39 is 5.41 Å². The lowest BCUT2D eigenvalue weighted by Gasteiger charge is -2.31. The Bertz CT molecular complexity index is 3790. The van der Waals surface area contributed by atoms with Crippen molar-refractivity contribution in [2.24, 2.45) is 0 Å². The molecule has 0 unspecified atom stereocenters. The molecule has 63 heavy (non-hydrogen) atoms. The summed E-state index contributed by atoms with van der Waals surface area (Å²) < 4.78 is 6.31. The van der Waals surface area contributed by atoms with Crippen LogP contribution in [0.15, 0.2) is 229 Å². The smallest absolute Gasteiger partial charge is 0.136 e. The van der Waals surface area contributed by atoms with Gasteiger partial charge in [-0.25, -0.2) is 0 Å². The van der Waals surface area contributed by atoms with E-state index in [4.69, 9.17) is 4.42 Å². The molecule has 1 spiro atoms. The van der Waals surface area contributed by atoms with Crippen LogP contribution in [0.5, 0.6) is 0 Å². The Balaban J connectivity index is 0.981. The number of nitrogens with zero attached hydrogens (tertiary/aromatic N) is 1. The number of furan rings is 1. The Labute approximate surface area is 364 Å². The maximum absolute atomic E-state index is 6.31. The number of para-hydroxylation sites is 1. The molecule has 1 heterocycles. The quantitative estimate of drug-likeness (QED) is 0.165. The van der Waals surface area contributed by atoms with E-state index in [0.29, 0.717) is 0 Å². The largest absolute Gasteiger partial charge is 0.456 e. The minimum Gasteiger partial charge on any atom is -0.456 e. The lowest BCUT2D eigenvalue weighted by molar-refractivity contribution is 0.669. The van der Waals surface area contributed by atoms with Crippen LogP contribution in [-0.4, -0.2) is 0 Å². The van der Waals surface area contributed by atoms with Gasteiger partial charge in [0.1, 0.15) is 11.2 Å². The van der Waals surface area contributed by atoms with Gasteiger partial charge < -0.3 is 9.32 Å². The fourth-order valence-corrected chi connectivity index (χ4v) is 11.4. The van der Waals surface area contributed by atoms with Gasteiger partial charge in [-0.2, -0.15) is 0 Å². The van der Waals surface area contributed by atoms with E-state index in [0.717, 1.165) is 50.1 Å². The molecule has 292 valence electrons. The van der Waals surface area contributed by atoms with Crippen molar-refractivity contribution < 1.29 is 4.42 Å². The van der Waals surface area contributed by atoms with E-state index in [-0.39, 0.29) is 0 Å². The first-order chi connectivity index (χ1) is 31.2. The average molecular weight is 800 g/mol. The van der Waals surface area contributed by atoms with Gasteiger partial charge in [0.05, 0.1) is 5.41 Å². The van der Waals surface area contributed by atoms with E-state index in [1.54, 1.807) is 0 Å². The van der Waals surface area contributed by atoms with Crippen molar-refractivity contribution in [1.29, 1.82) is 0 Å². The minimum absolute atomic E-state index is 0.395. The van der Waals surface area contributed by atoms with Crippen LogP contribution >= 0.6 is 0 Å². The number of hydrogen-bond donors (Lipinski definition) is 0. The Morgan fingerprint density at radius 3 is 1.35 bits per heavy atom. The fourth-order valence-electron chi connectivity index (χ4n) is 11.4. The number of rotatable bonds is 4. The molecular formula is C61H37NO. The highest BCUT2D eigenvalue weighted by Gasteiger charge is 2.51. The molecule has 2 nitrogen and oxygen atoms in total. The summed E-state index contributed by atoms with van der Waals surface area (Å²) in [5, 5.41) is 9.86. The third kappa shape index (κ3) is 4.72. The Morgan fingerprint density at radius 1 is 0.270 bits per heavy atom. The van der Waals surface area contributed by atoms with Crippen LogP contribution in [0.2, 0.25) is 0 Å². The van der Waals surface area contributed by atoms with Crippen molar-refractivity contribution in [3.05, 3.63) is 247 Å². The average Bonchev–Trinajstić information content (AvgIpc) is 3.98. The lowest BCUT2D eigenvalue weighted by atomic mass is 9.70. The third-order valence-corrected chi connectivity index (χ3v) is 14.1. The molecule has 0 saturated heterocycles. The van der Waals surface area contributed by atoms with Crippen molar-refractivity contribution in [2.75, 3.05) is 4.90 Å². The number of anilines is 3. The first-order valence-electron chi connectivity index (χ1n) is 21.8. The van der Waals surface area contributed by atoms with Crippen LogP contribution in [0, 0.1) is 0 Å². The molecule has 11 aromatic carbocycles. The second-order valence-electron chi connectivity index (χ2n) is 17.1. The van der Waals surface area contributed by atoms with Gasteiger partial charge in [0.25, 0.3) is 0 Å². The Hall–Kier alpha value is -8.20. The van der Waals surface area contributed by atoms with Crippen molar-refractivity contribution in [3.63, 3.8) is 0 Å². The summed E-state index contributed by atoms with van der Waals surface area (Å²) in [5.41, 5.74) is 17.6. The third-order valence-electron chi connectivity index (χ3n) is 14.1. The molecule has 0 fully saturated rings. The zero-order chi connectivity index (χ0) is 41.2. The zero-order valence-corrected chi connectivity index (χ0v) is 34.2. The predicted octanol–water partition coefficient (Wildman–Crippen LogP) is 16.5. The molecular weight excluding hydrogens is 763 g/mol. The van der Waals surface area contributed by atoms with Gasteiger partial charge in [-0.05, 0) is 143 Å². The van der Waals surface area contributed by atoms with Crippen LogP contribution < -0.4 is 4.90 Å². The maximum atomic E-state index is 6.31. The van der Waals surface area contributed by atoms with Gasteiger partial charge in [-0.3, -0.25) is 0 Å². The molecule has 1 aromatic heterocycles. The highest BCUT2D eigenvalue weighted by Crippen LogP contribution is 2.63. The molecule has 2 aliphatic carbocycles. The van der Waals surface area contributed by atoms with Crippen molar-refractivity contribution >= 4 is 71.3 Å². The molecule has 0 N–H and O–H groups in total. The van der Waals surface area contributed by atoms with Crippen LogP contribution in [0.25, 0.3) is 87.6 Å². The van der Waals surface area contributed by atoms with Crippen molar-refractivity contribution in [3.8, 4) is 33.4 Å². The number of hydrogen-bond acceptors (Lipinski definition) is 2. The van der Waals surface area contributed by atoms with E-state index in [1.807, 2.05) is 12.1 Å². The SMILES string of the molecule is c1ccc2c(c1)-c1ccccc1C21c2ccccc2-c2cc(N(c3ccc(-c4ccc5c(c4)oc4ccccc45)cc3)c3ccc4c5ccccc5c5ccccc5c4c3)ccc21. The van der Waals surface area contributed by atoms with Gasteiger partial charge >= 0.3 is 0 Å². The minimum atomic E-state index is -0.395. The second-order valence-corrected chi connectivity index (χ2v) is 17.1. The monoisotopic (exact) mass is 799 g/mol. The second kappa shape index (κ2) is 12.9. The summed E-state index contributed by atoms with van der Waals surface area (Å²) in [6.07, 6.45) is 0. The lowest BCUT2D eigenvalue weighted by Crippen LogP contribution is -2.25. The molecule has 0 saturated carbocycles. The van der Waals surface area contributed by atoms with Crippen LogP contribution in [0.4, 0.5) is 17.1 Å². The molecule has 14 rings (SSSR count). The van der Waals surface area contributed by atoms with Crippen LogP contribution in [0.3, 0.4) is 0 Å². The zero-order valence-electron chi connectivity index (χ0n) is 34.2. The van der Waals surface area contributed by atoms with Gasteiger partial charge in [0.15, 0.2) is 0 Å². The normalized spacial score (nSPS) is 13.2. The van der Waals surface area contributed by atoms with E-state index in [9.17, 15) is 0 Å². The van der Waals surface area contributed by atoms with E-state index >= 15 is 0 Å². The first-order valence-corrected chi connectivity index (χ1v) is 21.8. The summed E-state index contributed by atoms with van der Waals surface area (Å²) in [6, 6.07) is 82.9. The summed E-state index contributed by atoms with van der Waals surface area (Å²) >= 11 is 0. The fraction of sp³-hybridized carbons (Fsp3) is 0.0164. The Kier molecular flexibility index (Phi) is 7.07. The van der Waals surface area contributed by atoms with Crippen molar-refractivity contribution in [2.45, 2.75) is 5.41 Å². The molecule has 12 aromatic rings. The summed E-state index contributed by atoms with van der Waals surface area (Å²) in [6.45, 7) is 0. The van der Waals surface area contributed by atoms with Gasteiger partial charge in [0.2, 0.25) is 0 Å². The van der Waals surface area contributed by atoms with Gasteiger partial charge in [-0.1, -0.05) is 170 Å². The summed E-state index contributed by atoms with van der Waals surface area (Å²) in [4.78, 5) is 2.44. The number of fused-ring (bicyclic) bond motifs is 19. The van der Waals surface area contributed by atoms with Crippen LogP contribution in [-0.2, 0) is 5.41 Å². The molecule has 0 atom stereocenters. The van der Waals surface area contributed by atoms with E-state index in [1.165, 1.54) is 76.8 Å². The maximum Gasteiger partial charge on any atom is 0.136 e. The topological polar surface area (TPSA) is 16.4 Å². The Morgan fingerprint density at radius 2 is 0.698 bits per heavy atom. The molecule has 0 aliphatic heterocycles. The summed E-state index contributed by atoms with van der Waals surface area (Å²) in [7, 11) is 0. The van der Waals surface area contributed by atoms with Gasteiger partial charge in [-0.15, -0.1) is 0 Å². The molecule has 0 amide bonds. The first kappa shape index (κ1) is 34.5. The molecule has 2 aliphatic rings. The van der Waals surface area contributed by atoms with Crippen LogP contribution in [0.1, 0.15) is 22.3 Å². The highest BCUT2D eigenvalue weighted by atomic mass is 16.3. The van der Waals surface area contributed by atoms with Gasteiger partial charge in [0, 0.05) is 27.8 Å². The highest BCUT2D eigenvalue weighted by molar-refractivity contribution is 6.26. The van der Waals surface area contributed by atoms with E-state index in [2.05, 4.69) is 217 Å². The number of benzene rings is 11. The predicted molar refractivity (Wildman–Crippen MR) is 263 cm³/mol. The standard InChI is InChI=1S/C61H37NO/c1-2-15-45-43(13-1)44-14-3-4-16-46(44)53-36-41(30-33-47(45)53)62(40-28-25-38(26-29-40)39-27-32-52-51-20-8-12-24-59(51)63-60(52)35-39)42-31-34-58-54(37-42)50-19-7-11-23-57(50)61(58)55-21-9-5-17-48(55)49-18-6-10-22-56(49)61/h1-37H. The molecule has 0 radical (unpaired) electrons. The summed E-state index contributed by atoms with van der Waals surface area (Å²) in [5.74, 6) is 0. The van der Waals surface area contributed by atoms with Crippen molar-refractivity contribution in [1.82, 2.24) is 0 Å².